The highest BCUT2D eigenvalue weighted by atomic mass is 16.5. The fourth-order valence-corrected chi connectivity index (χ4v) is 5.36. The summed E-state index contributed by atoms with van der Waals surface area (Å²) >= 11 is 0. The van der Waals surface area contributed by atoms with E-state index < -0.39 is 17.7 Å². The topological polar surface area (TPSA) is 120 Å². The molecule has 5 rings (SSSR count). The highest BCUT2D eigenvalue weighted by molar-refractivity contribution is 5.98. The third kappa shape index (κ3) is 4.75. The van der Waals surface area contributed by atoms with Crippen molar-refractivity contribution in [3.05, 3.63) is 75.6 Å². The maximum Gasteiger partial charge on any atom is 0.258 e. The van der Waals surface area contributed by atoms with Gasteiger partial charge in [-0.1, -0.05) is 30.3 Å². The van der Waals surface area contributed by atoms with Gasteiger partial charge in [0.2, 0.25) is 11.9 Å². The number of aromatic amines is 1. The SMILES string of the molecule is COc1ccc(OC)c(C2c3c(nc(N4CCC(Cc5ccccc5)CC4)[nH]c3=O)NC(=O)C2C#N)c1. The molecule has 0 bridgehead atoms. The maximum absolute atomic E-state index is 13.5. The fourth-order valence-electron chi connectivity index (χ4n) is 5.36. The Kier molecular flexibility index (Phi) is 6.82. The first-order chi connectivity index (χ1) is 18.0. The minimum atomic E-state index is -1.13. The van der Waals surface area contributed by atoms with Crippen molar-refractivity contribution >= 4 is 17.7 Å². The van der Waals surface area contributed by atoms with Crippen LogP contribution < -0.4 is 25.2 Å². The molecule has 0 aliphatic carbocycles. The summed E-state index contributed by atoms with van der Waals surface area (Å²) in [5, 5.41) is 12.6. The van der Waals surface area contributed by atoms with Crippen molar-refractivity contribution in [3.63, 3.8) is 0 Å². The molecule has 2 aliphatic rings. The number of methoxy groups -OCH3 is 2. The molecule has 0 saturated carbocycles. The van der Waals surface area contributed by atoms with E-state index in [9.17, 15) is 14.9 Å². The number of H-pyrrole nitrogens is 1. The second-order valence-corrected chi connectivity index (χ2v) is 9.45. The highest BCUT2D eigenvalue weighted by Crippen LogP contribution is 2.43. The van der Waals surface area contributed by atoms with E-state index in [0.29, 0.717) is 28.9 Å². The molecule has 1 amide bonds. The predicted molar refractivity (Wildman–Crippen MR) is 139 cm³/mol. The zero-order valence-corrected chi connectivity index (χ0v) is 20.9. The van der Waals surface area contributed by atoms with E-state index in [1.807, 2.05) is 11.0 Å². The Morgan fingerprint density at radius 3 is 2.51 bits per heavy atom. The molecule has 2 aromatic carbocycles. The van der Waals surface area contributed by atoms with Crippen LogP contribution in [0, 0.1) is 23.2 Å². The highest BCUT2D eigenvalue weighted by Gasteiger charge is 2.42. The molecule has 1 fully saturated rings. The van der Waals surface area contributed by atoms with Gasteiger partial charge in [-0.3, -0.25) is 14.6 Å². The van der Waals surface area contributed by atoms with E-state index >= 15 is 0 Å². The lowest BCUT2D eigenvalue weighted by Gasteiger charge is -2.34. The Balaban J connectivity index is 1.45. The Bertz CT molecular complexity index is 1390. The summed E-state index contributed by atoms with van der Waals surface area (Å²) < 4.78 is 10.9. The van der Waals surface area contributed by atoms with E-state index in [1.54, 1.807) is 18.2 Å². The van der Waals surface area contributed by atoms with Crippen LogP contribution in [0.25, 0.3) is 0 Å². The summed E-state index contributed by atoms with van der Waals surface area (Å²) in [6.45, 7) is 1.50. The number of aromatic nitrogens is 2. The van der Waals surface area contributed by atoms with Crippen molar-refractivity contribution in [3.8, 4) is 17.6 Å². The zero-order chi connectivity index (χ0) is 25.9. The minimum Gasteiger partial charge on any atom is -0.497 e. The zero-order valence-electron chi connectivity index (χ0n) is 20.9. The van der Waals surface area contributed by atoms with Crippen LogP contribution in [0.2, 0.25) is 0 Å². The van der Waals surface area contributed by atoms with Gasteiger partial charge in [-0.2, -0.15) is 10.2 Å². The number of anilines is 2. The molecule has 2 unspecified atom stereocenters. The van der Waals surface area contributed by atoms with Crippen molar-refractivity contribution in [2.45, 2.75) is 25.2 Å². The van der Waals surface area contributed by atoms with Gasteiger partial charge in [0, 0.05) is 24.6 Å². The molecule has 3 aromatic rings. The number of piperidine rings is 1. The molecule has 2 atom stereocenters. The summed E-state index contributed by atoms with van der Waals surface area (Å²) in [6, 6.07) is 17.6. The van der Waals surface area contributed by atoms with Crippen LogP contribution in [0.4, 0.5) is 11.8 Å². The molecule has 9 heteroatoms. The first kappa shape index (κ1) is 24.4. The van der Waals surface area contributed by atoms with Crippen LogP contribution in [0.5, 0.6) is 11.5 Å². The number of carbonyl (C=O) groups excluding carboxylic acids is 1. The molecule has 1 saturated heterocycles. The summed E-state index contributed by atoms with van der Waals surface area (Å²) in [7, 11) is 3.03. The van der Waals surface area contributed by atoms with E-state index in [-0.39, 0.29) is 16.9 Å². The predicted octanol–water partition coefficient (Wildman–Crippen LogP) is 3.47. The second-order valence-electron chi connectivity index (χ2n) is 9.45. The Morgan fingerprint density at radius 2 is 1.84 bits per heavy atom. The fraction of sp³-hybridized carbons (Fsp3) is 0.357. The first-order valence-corrected chi connectivity index (χ1v) is 12.4. The number of carbonyl (C=O) groups is 1. The van der Waals surface area contributed by atoms with E-state index in [1.165, 1.54) is 19.8 Å². The monoisotopic (exact) mass is 499 g/mol. The molecule has 1 aromatic heterocycles. The third-order valence-electron chi connectivity index (χ3n) is 7.30. The van der Waals surface area contributed by atoms with Crippen LogP contribution in [0.15, 0.2) is 53.3 Å². The standard InChI is InChI=1S/C28H29N5O4/c1-36-19-8-9-22(37-2)20(15-19)23-21(16-29)26(34)30-25-24(23)27(35)32-28(31-25)33-12-10-18(11-13-33)14-17-6-4-3-5-7-17/h3-9,15,18,21,23H,10-14H2,1-2H3,(H2,30,31,32,34,35). The van der Waals surface area contributed by atoms with Gasteiger partial charge in [0.25, 0.3) is 5.56 Å². The molecular weight excluding hydrogens is 470 g/mol. The smallest absolute Gasteiger partial charge is 0.258 e. The Morgan fingerprint density at radius 1 is 1.08 bits per heavy atom. The van der Waals surface area contributed by atoms with Crippen molar-refractivity contribution in [1.82, 2.24) is 9.97 Å². The molecule has 0 spiro atoms. The number of nitriles is 1. The average molecular weight is 500 g/mol. The lowest BCUT2D eigenvalue weighted by molar-refractivity contribution is -0.119. The normalized spacial score (nSPS) is 19.5. The largest absolute Gasteiger partial charge is 0.497 e. The summed E-state index contributed by atoms with van der Waals surface area (Å²) in [6.07, 6.45) is 2.98. The van der Waals surface area contributed by atoms with Gasteiger partial charge in [0.15, 0.2) is 0 Å². The molecule has 37 heavy (non-hydrogen) atoms. The summed E-state index contributed by atoms with van der Waals surface area (Å²) in [5.41, 5.74) is 1.70. The number of hydrogen-bond acceptors (Lipinski definition) is 7. The van der Waals surface area contributed by atoms with Crippen LogP contribution >= 0.6 is 0 Å². The number of fused-ring (bicyclic) bond motifs is 1. The molecule has 2 aliphatic heterocycles. The number of amides is 1. The molecular formula is C28H29N5O4. The van der Waals surface area contributed by atoms with Crippen molar-refractivity contribution in [1.29, 1.82) is 5.26 Å². The van der Waals surface area contributed by atoms with E-state index in [2.05, 4.69) is 45.6 Å². The van der Waals surface area contributed by atoms with E-state index in [4.69, 9.17) is 9.47 Å². The number of rotatable bonds is 6. The van der Waals surface area contributed by atoms with Gasteiger partial charge in [-0.15, -0.1) is 0 Å². The maximum atomic E-state index is 13.5. The quantitative estimate of drug-likeness (QED) is 0.533. The summed E-state index contributed by atoms with van der Waals surface area (Å²) in [4.78, 5) is 36.1. The van der Waals surface area contributed by atoms with Crippen molar-refractivity contribution < 1.29 is 14.3 Å². The number of nitrogens with one attached hydrogen (secondary N) is 2. The minimum absolute atomic E-state index is 0.177. The van der Waals surface area contributed by atoms with Crippen molar-refractivity contribution in [2.24, 2.45) is 11.8 Å². The second kappa shape index (κ2) is 10.3. The molecule has 2 N–H and O–H groups in total. The van der Waals surface area contributed by atoms with Crippen LogP contribution in [0.1, 0.15) is 35.4 Å². The van der Waals surface area contributed by atoms with Gasteiger partial charge in [0.1, 0.15) is 23.2 Å². The van der Waals surface area contributed by atoms with Gasteiger partial charge < -0.3 is 19.7 Å². The third-order valence-corrected chi connectivity index (χ3v) is 7.30. The number of hydrogen-bond donors (Lipinski definition) is 2. The van der Waals surface area contributed by atoms with Gasteiger partial charge in [-0.05, 0) is 48.9 Å². The molecule has 9 nitrogen and oxygen atoms in total. The lowest BCUT2D eigenvalue weighted by atomic mass is 9.78. The Labute approximate surface area is 215 Å². The first-order valence-electron chi connectivity index (χ1n) is 12.4. The van der Waals surface area contributed by atoms with Gasteiger partial charge >= 0.3 is 0 Å². The Hall–Kier alpha value is -4.32. The number of benzene rings is 2. The number of ether oxygens (including phenoxy) is 2. The van der Waals surface area contributed by atoms with Crippen LogP contribution in [-0.4, -0.2) is 43.2 Å². The number of nitrogens with zero attached hydrogens (tertiary/aromatic N) is 3. The van der Waals surface area contributed by atoms with Crippen molar-refractivity contribution in [2.75, 3.05) is 37.5 Å². The summed E-state index contributed by atoms with van der Waals surface area (Å²) in [5.74, 6) is -0.350. The van der Waals surface area contributed by atoms with Crippen LogP contribution in [-0.2, 0) is 11.2 Å². The van der Waals surface area contributed by atoms with Crippen LogP contribution in [0.3, 0.4) is 0 Å². The lowest BCUT2D eigenvalue weighted by Crippen LogP contribution is -2.41. The van der Waals surface area contributed by atoms with Gasteiger partial charge in [-0.25, -0.2) is 0 Å². The van der Waals surface area contributed by atoms with Gasteiger partial charge in [0.05, 0.1) is 25.9 Å². The van der Waals surface area contributed by atoms with E-state index in [0.717, 1.165) is 32.4 Å². The molecule has 0 radical (unpaired) electrons. The average Bonchev–Trinajstić information content (AvgIpc) is 2.92. The molecule has 190 valence electrons. The molecule has 3 heterocycles.